The summed E-state index contributed by atoms with van der Waals surface area (Å²) in [7, 11) is 0. The molecule has 4 nitrogen and oxygen atoms in total. The number of hydrogen-bond donors (Lipinski definition) is 2. The molecule has 0 aliphatic carbocycles. The van der Waals surface area contributed by atoms with E-state index in [9.17, 15) is 4.79 Å². The lowest BCUT2D eigenvalue weighted by atomic mass is 10.1. The molecule has 0 atom stereocenters. The Hall–Kier alpha value is -1.58. The normalized spacial score (nSPS) is 10.3. The molecule has 0 spiro atoms. The lowest BCUT2D eigenvalue weighted by Gasteiger charge is -2.04. The van der Waals surface area contributed by atoms with Gasteiger partial charge < -0.3 is 11.1 Å². The highest BCUT2D eigenvalue weighted by atomic mass is 16.1. The van der Waals surface area contributed by atoms with Crippen molar-refractivity contribution < 1.29 is 4.79 Å². The van der Waals surface area contributed by atoms with Crippen LogP contribution in [0.15, 0.2) is 18.3 Å². The maximum atomic E-state index is 11.7. The van der Waals surface area contributed by atoms with Crippen molar-refractivity contribution in [3.8, 4) is 0 Å². The van der Waals surface area contributed by atoms with Crippen LogP contribution in [0.1, 0.15) is 55.9 Å². The van der Waals surface area contributed by atoms with Gasteiger partial charge in [-0.25, -0.2) is 4.98 Å². The summed E-state index contributed by atoms with van der Waals surface area (Å²) in [4.78, 5) is 15.7. The molecule has 4 heteroatoms. The number of unbranched alkanes of at least 4 members (excludes halogenated alkanes) is 5. The molecular formula is C14H23N3O. The first-order valence-corrected chi connectivity index (χ1v) is 6.73. The smallest absolute Gasteiger partial charge is 0.269 e. The molecule has 0 fully saturated rings. The predicted molar refractivity (Wildman–Crippen MR) is 74.4 cm³/mol. The van der Waals surface area contributed by atoms with E-state index in [1.807, 2.05) is 0 Å². The average Bonchev–Trinajstić information content (AvgIpc) is 2.38. The zero-order valence-electron chi connectivity index (χ0n) is 11.1. The van der Waals surface area contributed by atoms with Gasteiger partial charge in [-0.1, -0.05) is 39.0 Å². The van der Waals surface area contributed by atoms with Crippen LogP contribution in [0, 0.1) is 0 Å². The van der Waals surface area contributed by atoms with Crippen molar-refractivity contribution in [2.24, 2.45) is 0 Å². The second-order valence-electron chi connectivity index (χ2n) is 4.50. The number of rotatable bonds is 8. The zero-order valence-corrected chi connectivity index (χ0v) is 11.1. The van der Waals surface area contributed by atoms with Crippen LogP contribution >= 0.6 is 0 Å². The van der Waals surface area contributed by atoms with Crippen molar-refractivity contribution in [3.63, 3.8) is 0 Å². The summed E-state index contributed by atoms with van der Waals surface area (Å²) >= 11 is 0. The van der Waals surface area contributed by atoms with Gasteiger partial charge in [0.05, 0.1) is 11.9 Å². The quantitative estimate of drug-likeness (QED) is 0.696. The van der Waals surface area contributed by atoms with Crippen LogP contribution < -0.4 is 11.1 Å². The molecule has 1 aromatic rings. The molecule has 0 radical (unpaired) electrons. The fourth-order valence-corrected chi connectivity index (χ4v) is 1.74. The van der Waals surface area contributed by atoms with Gasteiger partial charge in [0.1, 0.15) is 5.69 Å². The molecule has 0 aromatic carbocycles. The van der Waals surface area contributed by atoms with Crippen molar-refractivity contribution >= 4 is 11.6 Å². The van der Waals surface area contributed by atoms with Crippen LogP contribution in [-0.2, 0) is 0 Å². The number of nitrogen functional groups attached to an aromatic ring is 1. The summed E-state index contributed by atoms with van der Waals surface area (Å²) in [5.41, 5.74) is 6.51. The van der Waals surface area contributed by atoms with Crippen molar-refractivity contribution in [3.05, 3.63) is 24.0 Å². The number of aromatic nitrogens is 1. The van der Waals surface area contributed by atoms with E-state index in [1.165, 1.54) is 38.3 Å². The summed E-state index contributed by atoms with van der Waals surface area (Å²) in [6.07, 6.45) is 8.83. The second kappa shape index (κ2) is 8.50. The molecule has 1 aromatic heterocycles. The van der Waals surface area contributed by atoms with E-state index in [0.717, 1.165) is 13.0 Å². The topological polar surface area (TPSA) is 68.0 Å². The standard InChI is InChI=1S/C14H23N3O/c1-2-3-4-5-6-7-10-16-14(18)13-9-8-12(15)11-17-13/h8-9,11H,2-7,10,15H2,1H3,(H,16,18). The monoisotopic (exact) mass is 249 g/mol. The number of carbonyl (C=O) groups is 1. The minimum Gasteiger partial charge on any atom is -0.397 e. The van der Waals surface area contributed by atoms with Crippen LogP contribution in [0.25, 0.3) is 0 Å². The van der Waals surface area contributed by atoms with Crippen LogP contribution in [-0.4, -0.2) is 17.4 Å². The Morgan fingerprint density at radius 1 is 1.22 bits per heavy atom. The first-order chi connectivity index (χ1) is 8.74. The van der Waals surface area contributed by atoms with E-state index in [0.29, 0.717) is 11.4 Å². The summed E-state index contributed by atoms with van der Waals surface area (Å²) in [5.74, 6) is -0.122. The molecule has 0 unspecified atom stereocenters. The highest BCUT2D eigenvalue weighted by molar-refractivity contribution is 5.92. The lowest BCUT2D eigenvalue weighted by Crippen LogP contribution is -2.25. The summed E-state index contributed by atoms with van der Waals surface area (Å²) in [6.45, 7) is 2.93. The largest absolute Gasteiger partial charge is 0.397 e. The zero-order chi connectivity index (χ0) is 13.2. The second-order valence-corrected chi connectivity index (χ2v) is 4.50. The Balaban J connectivity index is 2.12. The third kappa shape index (κ3) is 5.66. The molecule has 0 aliphatic heterocycles. The maximum Gasteiger partial charge on any atom is 0.269 e. The Morgan fingerprint density at radius 3 is 2.61 bits per heavy atom. The Kier molecular flexibility index (Phi) is 6.84. The molecule has 1 heterocycles. The van der Waals surface area contributed by atoms with Gasteiger partial charge in [0.2, 0.25) is 0 Å². The van der Waals surface area contributed by atoms with E-state index >= 15 is 0 Å². The number of pyridine rings is 1. The van der Waals surface area contributed by atoms with Crippen molar-refractivity contribution in [2.45, 2.75) is 45.4 Å². The molecule has 1 amide bonds. The van der Waals surface area contributed by atoms with Gasteiger partial charge in [-0.2, -0.15) is 0 Å². The van der Waals surface area contributed by atoms with Crippen LogP contribution in [0.4, 0.5) is 5.69 Å². The average molecular weight is 249 g/mol. The van der Waals surface area contributed by atoms with Crippen LogP contribution in [0.2, 0.25) is 0 Å². The summed E-state index contributed by atoms with van der Waals surface area (Å²) < 4.78 is 0. The molecule has 0 saturated carbocycles. The highest BCUT2D eigenvalue weighted by Crippen LogP contribution is 2.04. The minimum absolute atomic E-state index is 0.122. The number of carbonyl (C=O) groups excluding carboxylic acids is 1. The van der Waals surface area contributed by atoms with Gasteiger partial charge in [0.15, 0.2) is 0 Å². The number of amides is 1. The van der Waals surface area contributed by atoms with Crippen molar-refractivity contribution in [1.82, 2.24) is 10.3 Å². The van der Waals surface area contributed by atoms with Gasteiger partial charge in [0, 0.05) is 6.54 Å². The minimum atomic E-state index is -0.122. The molecule has 0 aliphatic rings. The summed E-state index contributed by atoms with van der Waals surface area (Å²) in [5, 5.41) is 2.87. The fraction of sp³-hybridized carbons (Fsp3) is 0.571. The van der Waals surface area contributed by atoms with E-state index in [2.05, 4.69) is 17.2 Å². The lowest BCUT2D eigenvalue weighted by molar-refractivity contribution is 0.0948. The fourth-order valence-electron chi connectivity index (χ4n) is 1.74. The van der Waals surface area contributed by atoms with Crippen molar-refractivity contribution in [1.29, 1.82) is 0 Å². The maximum absolute atomic E-state index is 11.7. The number of anilines is 1. The van der Waals surface area contributed by atoms with Gasteiger partial charge >= 0.3 is 0 Å². The molecular weight excluding hydrogens is 226 g/mol. The Bertz CT molecular complexity index is 349. The Labute approximate surface area is 109 Å². The first-order valence-electron chi connectivity index (χ1n) is 6.73. The number of hydrogen-bond acceptors (Lipinski definition) is 3. The number of nitrogens with one attached hydrogen (secondary N) is 1. The van der Waals surface area contributed by atoms with Crippen LogP contribution in [0.3, 0.4) is 0 Å². The summed E-state index contributed by atoms with van der Waals surface area (Å²) in [6, 6.07) is 3.33. The van der Waals surface area contributed by atoms with Gasteiger partial charge in [-0.3, -0.25) is 4.79 Å². The third-order valence-corrected chi connectivity index (χ3v) is 2.83. The van der Waals surface area contributed by atoms with Gasteiger partial charge in [-0.05, 0) is 18.6 Å². The van der Waals surface area contributed by atoms with Gasteiger partial charge in [0.25, 0.3) is 5.91 Å². The molecule has 0 bridgehead atoms. The highest BCUT2D eigenvalue weighted by Gasteiger charge is 2.05. The molecule has 3 N–H and O–H groups in total. The SMILES string of the molecule is CCCCCCCCNC(=O)c1ccc(N)cn1. The first kappa shape index (κ1) is 14.5. The third-order valence-electron chi connectivity index (χ3n) is 2.83. The number of nitrogens with two attached hydrogens (primary N) is 1. The Morgan fingerprint density at radius 2 is 1.94 bits per heavy atom. The van der Waals surface area contributed by atoms with Crippen LogP contribution in [0.5, 0.6) is 0 Å². The van der Waals surface area contributed by atoms with E-state index in [4.69, 9.17) is 5.73 Å². The van der Waals surface area contributed by atoms with Gasteiger partial charge in [-0.15, -0.1) is 0 Å². The van der Waals surface area contributed by atoms with E-state index < -0.39 is 0 Å². The van der Waals surface area contributed by atoms with Crippen molar-refractivity contribution in [2.75, 3.05) is 12.3 Å². The molecule has 100 valence electrons. The number of nitrogens with zero attached hydrogens (tertiary/aromatic N) is 1. The predicted octanol–water partition coefficient (Wildman–Crippen LogP) is 2.75. The molecule has 18 heavy (non-hydrogen) atoms. The van der Waals surface area contributed by atoms with E-state index in [-0.39, 0.29) is 5.91 Å². The molecule has 0 saturated heterocycles. The molecule has 1 rings (SSSR count). The van der Waals surface area contributed by atoms with E-state index in [1.54, 1.807) is 12.1 Å².